The number of rotatable bonds is 4. The maximum absolute atomic E-state index is 6.32. The third-order valence-electron chi connectivity index (χ3n) is 3.71. The highest BCUT2D eigenvalue weighted by Gasteiger charge is 2.23. The highest BCUT2D eigenvalue weighted by molar-refractivity contribution is 14.1. The maximum Gasteiger partial charge on any atom is 0.0928 e. The molecule has 1 fully saturated rings. The first kappa shape index (κ1) is 14.8. The summed E-state index contributed by atoms with van der Waals surface area (Å²) in [6.45, 7) is 2.35. The Morgan fingerprint density at radius 1 is 1.28 bits per heavy atom. The van der Waals surface area contributed by atoms with Crippen LogP contribution in [0.3, 0.4) is 0 Å². The van der Waals surface area contributed by atoms with E-state index < -0.39 is 0 Å². The van der Waals surface area contributed by atoms with E-state index in [-0.39, 0.29) is 6.10 Å². The van der Waals surface area contributed by atoms with Crippen LogP contribution in [0.1, 0.15) is 44.3 Å². The predicted molar refractivity (Wildman–Crippen MR) is 88.3 cm³/mol. The van der Waals surface area contributed by atoms with Crippen molar-refractivity contribution >= 4 is 38.5 Å². The first-order chi connectivity index (χ1) is 8.70. The summed E-state index contributed by atoms with van der Waals surface area (Å²) in [5.74, 6) is 0.881. The molecule has 0 N–H and O–H groups in total. The molecule has 1 aliphatic rings. The van der Waals surface area contributed by atoms with E-state index >= 15 is 0 Å². The van der Waals surface area contributed by atoms with Gasteiger partial charge in [-0.05, 0) is 43.2 Å². The van der Waals surface area contributed by atoms with Crippen LogP contribution in [-0.4, -0.2) is 10.5 Å². The monoisotopic (exact) mass is 422 g/mol. The van der Waals surface area contributed by atoms with Crippen molar-refractivity contribution in [2.75, 3.05) is 4.43 Å². The van der Waals surface area contributed by atoms with E-state index in [2.05, 4.69) is 69.7 Å². The lowest BCUT2D eigenvalue weighted by molar-refractivity contribution is -0.0251. The largest absolute Gasteiger partial charge is 0.369 e. The Bertz CT molecular complexity index is 375. The van der Waals surface area contributed by atoms with E-state index in [4.69, 9.17) is 4.74 Å². The van der Waals surface area contributed by atoms with Gasteiger partial charge in [0.1, 0.15) is 0 Å². The van der Waals surface area contributed by atoms with Crippen molar-refractivity contribution in [2.24, 2.45) is 5.92 Å². The molecule has 100 valence electrons. The van der Waals surface area contributed by atoms with Crippen LogP contribution in [0.2, 0.25) is 0 Å². The molecule has 0 amide bonds. The Kier molecular flexibility index (Phi) is 5.96. The minimum absolute atomic E-state index is 0.222. The Balaban J connectivity index is 1.99. The summed E-state index contributed by atoms with van der Waals surface area (Å²) in [6.07, 6.45) is 5.74. The van der Waals surface area contributed by atoms with Gasteiger partial charge in [-0.1, -0.05) is 63.6 Å². The summed E-state index contributed by atoms with van der Waals surface area (Å²) >= 11 is 6.05. The molecule has 1 unspecified atom stereocenters. The Hall–Kier alpha value is 0.390. The average molecular weight is 423 g/mol. The van der Waals surface area contributed by atoms with Gasteiger partial charge < -0.3 is 4.74 Å². The number of hydrogen-bond acceptors (Lipinski definition) is 1. The van der Waals surface area contributed by atoms with Gasteiger partial charge in [0.05, 0.1) is 12.2 Å². The molecule has 2 rings (SSSR count). The van der Waals surface area contributed by atoms with E-state index in [1.807, 2.05) is 0 Å². The molecular formula is C15H20BrIO. The van der Waals surface area contributed by atoms with E-state index in [9.17, 15) is 0 Å². The van der Waals surface area contributed by atoms with Crippen LogP contribution in [0.4, 0.5) is 0 Å². The molecule has 0 aliphatic heterocycles. The second-order valence-corrected chi connectivity index (χ2v) is 6.92. The van der Waals surface area contributed by atoms with Gasteiger partial charge in [0.15, 0.2) is 0 Å². The van der Waals surface area contributed by atoms with Crippen LogP contribution in [0.5, 0.6) is 0 Å². The van der Waals surface area contributed by atoms with Crippen LogP contribution in [-0.2, 0) is 4.74 Å². The van der Waals surface area contributed by atoms with Crippen LogP contribution in [0.25, 0.3) is 0 Å². The summed E-state index contributed by atoms with van der Waals surface area (Å²) in [6, 6.07) is 8.41. The van der Waals surface area contributed by atoms with Crippen LogP contribution >= 0.6 is 38.5 Å². The highest BCUT2D eigenvalue weighted by atomic mass is 127. The molecule has 0 spiro atoms. The van der Waals surface area contributed by atoms with Gasteiger partial charge in [-0.25, -0.2) is 0 Å². The number of ether oxygens (including phenoxy) is 1. The molecular weight excluding hydrogens is 403 g/mol. The maximum atomic E-state index is 6.32. The molecule has 0 bridgehead atoms. The fourth-order valence-corrected chi connectivity index (χ4v) is 3.75. The van der Waals surface area contributed by atoms with Gasteiger partial charge in [0, 0.05) is 8.90 Å². The Morgan fingerprint density at radius 2 is 1.94 bits per heavy atom. The molecule has 18 heavy (non-hydrogen) atoms. The Morgan fingerprint density at radius 3 is 2.56 bits per heavy atom. The molecule has 3 heteroatoms. The molecule has 1 saturated carbocycles. The summed E-state index contributed by atoms with van der Waals surface area (Å²) in [5, 5.41) is 0. The minimum atomic E-state index is 0.222. The van der Waals surface area contributed by atoms with Crippen molar-refractivity contribution in [3.8, 4) is 0 Å². The molecule has 0 heterocycles. The van der Waals surface area contributed by atoms with E-state index in [0.29, 0.717) is 6.10 Å². The normalized spacial score (nSPS) is 25.9. The first-order valence-electron chi connectivity index (χ1n) is 6.66. The molecule has 1 aromatic carbocycles. The summed E-state index contributed by atoms with van der Waals surface area (Å²) in [5.41, 5.74) is 1.28. The van der Waals surface area contributed by atoms with Crippen molar-refractivity contribution in [3.05, 3.63) is 34.3 Å². The zero-order valence-corrected chi connectivity index (χ0v) is 14.5. The van der Waals surface area contributed by atoms with Gasteiger partial charge >= 0.3 is 0 Å². The number of hydrogen-bond donors (Lipinski definition) is 0. The molecule has 0 aromatic heterocycles. The van der Waals surface area contributed by atoms with Crippen molar-refractivity contribution in [1.82, 2.24) is 0 Å². The van der Waals surface area contributed by atoms with Crippen LogP contribution in [0, 0.1) is 5.92 Å². The third kappa shape index (κ3) is 3.94. The second kappa shape index (κ2) is 7.25. The molecule has 1 aliphatic carbocycles. The van der Waals surface area contributed by atoms with Crippen molar-refractivity contribution in [3.63, 3.8) is 0 Å². The van der Waals surface area contributed by atoms with Gasteiger partial charge in [-0.3, -0.25) is 0 Å². The van der Waals surface area contributed by atoms with Gasteiger partial charge in [0.2, 0.25) is 0 Å². The lowest BCUT2D eigenvalue weighted by Crippen LogP contribution is -2.23. The molecule has 1 atom stereocenters. The quantitative estimate of drug-likeness (QED) is 0.458. The van der Waals surface area contributed by atoms with Crippen molar-refractivity contribution in [2.45, 2.75) is 44.8 Å². The molecule has 0 saturated heterocycles. The first-order valence-corrected chi connectivity index (χ1v) is 8.98. The van der Waals surface area contributed by atoms with E-state index in [1.165, 1.54) is 31.2 Å². The second-order valence-electron chi connectivity index (χ2n) is 5.18. The number of benzene rings is 1. The average Bonchev–Trinajstić information content (AvgIpc) is 2.39. The van der Waals surface area contributed by atoms with Crippen molar-refractivity contribution in [1.29, 1.82) is 0 Å². The van der Waals surface area contributed by atoms with Gasteiger partial charge in [0.25, 0.3) is 0 Å². The third-order valence-corrected chi connectivity index (χ3v) is 5.23. The zero-order chi connectivity index (χ0) is 13.0. The summed E-state index contributed by atoms with van der Waals surface area (Å²) in [4.78, 5) is 0. The zero-order valence-electron chi connectivity index (χ0n) is 10.7. The van der Waals surface area contributed by atoms with E-state index in [0.717, 1.165) is 14.8 Å². The van der Waals surface area contributed by atoms with Gasteiger partial charge in [-0.2, -0.15) is 0 Å². The molecule has 0 radical (unpaired) electrons. The van der Waals surface area contributed by atoms with Crippen LogP contribution in [0.15, 0.2) is 28.7 Å². The minimum Gasteiger partial charge on any atom is -0.369 e. The molecule has 1 nitrogen and oxygen atoms in total. The van der Waals surface area contributed by atoms with E-state index in [1.54, 1.807) is 0 Å². The predicted octanol–water partition coefficient (Wildman–Crippen LogP) is 5.52. The number of alkyl halides is 1. The smallest absolute Gasteiger partial charge is 0.0928 e. The lowest BCUT2D eigenvalue weighted by atomic mass is 9.89. The van der Waals surface area contributed by atoms with Crippen molar-refractivity contribution < 1.29 is 4.74 Å². The number of halogens is 2. The SMILES string of the molecule is CC1CCC(OC(CI)c2ccccc2Br)CC1. The highest BCUT2D eigenvalue weighted by Crippen LogP contribution is 2.33. The van der Waals surface area contributed by atoms with Crippen LogP contribution < -0.4 is 0 Å². The van der Waals surface area contributed by atoms with Gasteiger partial charge in [-0.15, -0.1) is 0 Å². The fourth-order valence-electron chi connectivity index (χ4n) is 2.53. The summed E-state index contributed by atoms with van der Waals surface area (Å²) in [7, 11) is 0. The standard InChI is InChI=1S/C15H20BrIO/c1-11-6-8-12(9-7-11)18-15(10-17)13-4-2-3-5-14(13)16/h2-5,11-12,15H,6-10H2,1H3. The molecule has 1 aromatic rings. The Labute approximate surface area is 132 Å². The summed E-state index contributed by atoms with van der Waals surface area (Å²) < 4.78 is 8.49. The fraction of sp³-hybridized carbons (Fsp3) is 0.600. The topological polar surface area (TPSA) is 9.23 Å². The lowest BCUT2D eigenvalue weighted by Gasteiger charge is -2.30.